The van der Waals surface area contributed by atoms with Gasteiger partial charge in [-0.05, 0) is 29.1 Å². The van der Waals surface area contributed by atoms with E-state index < -0.39 is 0 Å². The van der Waals surface area contributed by atoms with E-state index in [1.165, 1.54) is 0 Å². The third-order valence-corrected chi connectivity index (χ3v) is 5.07. The van der Waals surface area contributed by atoms with Gasteiger partial charge in [-0.2, -0.15) is 0 Å². The molecule has 0 aliphatic carbocycles. The Morgan fingerprint density at radius 1 is 1.29 bits per heavy atom. The average molecular weight is 343 g/mol. The topological polar surface area (TPSA) is 39.1 Å². The highest BCUT2D eigenvalue weighted by atomic mass is 32.1. The van der Waals surface area contributed by atoms with Gasteiger partial charge < -0.3 is 14.6 Å². The summed E-state index contributed by atoms with van der Waals surface area (Å²) in [5.41, 5.74) is 2.90. The fourth-order valence-electron chi connectivity index (χ4n) is 2.94. The van der Waals surface area contributed by atoms with Crippen LogP contribution in [0, 0.1) is 5.82 Å². The molecule has 3 aromatic rings. The van der Waals surface area contributed by atoms with Crippen molar-refractivity contribution in [3.63, 3.8) is 0 Å². The van der Waals surface area contributed by atoms with E-state index >= 15 is 0 Å². The van der Waals surface area contributed by atoms with Gasteiger partial charge in [-0.3, -0.25) is 0 Å². The minimum atomic E-state index is -0.175. The normalized spacial score (nSPS) is 13.9. The number of rotatable bonds is 5. The summed E-state index contributed by atoms with van der Waals surface area (Å²) >= 11 is 1.55. The molecule has 0 fully saturated rings. The van der Waals surface area contributed by atoms with Gasteiger partial charge in [0.1, 0.15) is 18.2 Å². The Balaban J connectivity index is 1.43. The monoisotopic (exact) mass is 343 g/mol. The third kappa shape index (κ3) is 3.13. The lowest BCUT2D eigenvalue weighted by Gasteiger charge is -2.17. The van der Waals surface area contributed by atoms with Crippen molar-refractivity contribution in [2.24, 2.45) is 0 Å². The third-order valence-electron chi connectivity index (χ3n) is 4.16. The van der Waals surface area contributed by atoms with Crippen LogP contribution < -0.4 is 5.32 Å². The number of imidazole rings is 1. The van der Waals surface area contributed by atoms with Crippen LogP contribution in [0.2, 0.25) is 0 Å². The standard InChI is InChI=1S/C18H18FN3OS/c19-16-4-3-13(8-15(16)17-2-1-7-24-17)9-20-10-14-11-21-18-12-23-6-5-22(14)18/h1-4,7-8,11,20H,5-6,9-10,12H2. The summed E-state index contributed by atoms with van der Waals surface area (Å²) in [6.45, 7) is 3.60. The van der Waals surface area contributed by atoms with Crippen LogP contribution in [0.25, 0.3) is 10.4 Å². The fraction of sp³-hybridized carbons (Fsp3) is 0.278. The van der Waals surface area contributed by atoms with Gasteiger partial charge in [0.15, 0.2) is 0 Å². The molecule has 2 aromatic heterocycles. The summed E-state index contributed by atoms with van der Waals surface area (Å²) in [4.78, 5) is 5.35. The number of thiophene rings is 1. The van der Waals surface area contributed by atoms with E-state index in [1.807, 2.05) is 35.8 Å². The molecule has 0 atom stereocenters. The summed E-state index contributed by atoms with van der Waals surface area (Å²) in [7, 11) is 0. The van der Waals surface area contributed by atoms with Crippen molar-refractivity contribution in [1.29, 1.82) is 0 Å². The zero-order valence-electron chi connectivity index (χ0n) is 13.2. The molecule has 1 aliphatic heterocycles. The van der Waals surface area contributed by atoms with Gasteiger partial charge in [-0.25, -0.2) is 9.37 Å². The number of hydrogen-bond donors (Lipinski definition) is 1. The Morgan fingerprint density at radius 2 is 2.25 bits per heavy atom. The highest BCUT2D eigenvalue weighted by Crippen LogP contribution is 2.28. The number of nitrogens with zero attached hydrogens (tertiary/aromatic N) is 2. The number of hydrogen-bond acceptors (Lipinski definition) is 4. The summed E-state index contributed by atoms with van der Waals surface area (Å²) in [5, 5.41) is 5.39. The quantitative estimate of drug-likeness (QED) is 0.770. The molecule has 6 heteroatoms. The SMILES string of the molecule is Fc1ccc(CNCc2cnc3n2CCOC3)cc1-c1cccs1. The molecule has 3 heterocycles. The predicted molar refractivity (Wildman–Crippen MR) is 92.1 cm³/mol. The molecular formula is C18H18FN3OS. The largest absolute Gasteiger partial charge is 0.372 e. The lowest BCUT2D eigenvalue weighted by Crippen LogP contribution is -2.21. The number of halogens is 1. The van der Waals surface area contributed by atoms with Crippen molar-refractivity contribution in [3.8, 4) is 10.4 Å². The van der Waals surface area contributed by atoms with Crippen LogP contribution in [-0.2, 0) is 31.0 Å². The van der Waals surface area contributed by atoms with Crippen molar-refractivity contribution >= 4 is 11.3 Å². The maximum absolute atomic E-state index is 14.0. The molecule has 1 aromatic carbocycles. The van der Waals surface area contributed by atoms with Crippen molar-refractivity contribution in [2.75, 3.05) is 6.61 Å². The number of benzene rings is 1. The molecule has 124 valence electrons. The van der Waals surface area contributed by atoms with Crippen LogP contribution >= 0.6 is 11.3 Å². The first kappa shape index (κ1) is 15.5. The molecule has 0 unspecified atom stereocenters. The molecular weight excluding hydrogens is 325 g/mol. The first-order valence-electron chi connectivity index (χ1n) is 7.95. The van der Waals surface area contributed by atoms with Crippen LogP contribution in [0.5, 0.6) is 0 Å². The maximum Gasteiger partial charge on any atom is 0.135 e. The van der Waals surface area contributed by atoms with Crippen molar-refractivity contribution in [3.05, 3.63) is 64.8 Å². The van der Waals surface area contributed by atoms with Crippen LogP contribution in [0.1, 0.15) is 17.1 Å². The molecule has 4 rings (SSSR count). The first-order chi connectivity index (χ1) is 11.8. The number of fused-ring (bicyclic) bond motifs is 1. The van der Waals surface area contributed by atoms with E-state index in [2.05, 4.69) is 14.9 Å². The second-order valence-electron chi connectivity index (χ2n) is 5.77. The smallest absolute Gasteiger partial charge is 0.135 e. The van der Waals surface area contributed by atoms with Gasteiger partial charge in [0.2, 0.25) is 0 Å². The molecule has 0 saturated heterocycles. The molecule has 0 spiro atoms. The zero-order valence-corrected chi connectivity index (χ0v) is 14.0. The number of aromatic nitrogens is 2. The summed E-state index contributed by atoms with van der Waals surface area (Å²) < 4.78 is 21.6. The van der Waals surface area contributed by atoms with Gasteiger partial charge in [0, 0.05) is 36.3 Å². The van der Waals surface area contributed by atoms with E-state index in [9.17, 15) is 4.39 Å². The fourth-order valence-corrected chi connectivity index (χ4v) is 3.68. The van der Waals surface area contributed by atoms with Gasteiger partial charge in [-0.15, -0.1) is 11.3 Å². The lowest BCUT2D eigenvalue weighted by atomic mass is 10.1. The van der Waals surface area contributed by atoms with Gasteiger partial charge >= 0.3 is 0 Å². The average Bonchev–Trinajstić information content (AvgIpc) is 3.27. The maximum atomic E-state index is 14.0. The molecule has 0 amide bonds. The first-order valence-corrected chi connectivity index (χ1v) is 8.83. The molecule has 0 saturated carbocycles. The van der Waals surface area contributed by atoms with Gasteiger partial charge in [0.05, 0.1) is 12.3 Å². The van der Waals surface area contributed by atoms with E-state index in [-0.39, 0.29) is 5.82 Å². The molecule has 0 radical (unpaired) electrons. The van der Waals surface area contributed by atoms with Crippen LogP contribution in [0.3, 0.4) is 0 Å². The Morgan fingerprint density at radius 3 is 3.12 bits per heavy atom. The molecule has 1 N–H and O–H groups in total. The summed E-state index contributed by atoms with van der Waals surface area (Å²) in [5.74, 6) is 0.811. The Bertz CT molecular complexity index is 829. The van der Waals surface area contributed by atoms with Gasteiger partial charge in [-0.1, -0.05) is 12.1 Å². The van der Waals surface area contributed by atoms with E-state index in [1.54, 1.807) is 17.4 Å². The number of nitrogens with one attached hydrogen (secondary N) is 1. The van der Waals surface area contributed by atoms with Crippen LogP contribution in [0.15, 0.2) is 41.9 Å². The van der Waals surface area contributed by atoms with Crippen molar-refractivity contribution in [2.45, 2.75) is 26.2 Å². The summed E-state index contributed by atoms with van der Waals surface area (Å²) in [6.07, 6.45) is 1.90. The number of ether oxygens (including phenoxy) is 1. The molecule has 0 bridgehead atoms. The highest BCUT2D eigenvalue weighted by Gasteiger charge is 2.14. The van der Waals surface area contributed by atoms with Crippen LogP contribution in [-0.4, -0.2) is 16.2 Å². The van der Waals surface area contributed by atoms with E-state index in [0.717, 1.165) is 41.7 Å². The van der Waals surface area contributed by atoms with E-state index in [4.69, 9.17) is 4.74 Å². The van der Waals surface area contributed by atoms with Crippen molar-refractivity contribution < 1.29 is 9.13 Å². The predicted octanol–water partition coefficient (Wildman–Crippen LogP) is 3.57. The lowest BCUT2D eigenvalue weighted by molar-refractivity contribution is 0.0805. The Hall–Kier alpha value is -2.02. The summed E-state index contributed by atoms with van der Waals surface area (Å²) in [6, 6.07) is 9.19. The zero-order chi connectivity index (χ0) is 16.4. The van der Waals surface area contributed by atoms with Crippen LogP contribution in [0.4, 0.5) is 4.39 Å². The Labute approximate surface area is 143 Å². The minimum absolute atomic E-state index is 0.175. The molecule has 24 heavy (non-hydrogen) atoms. The van der Waals surface area contributed by atoms with Gasteiger partial charge in [0.25, 0.3) is 0 Å². The Kier molecular flexibility index (Phi) is 4.42. The molecule has 4 nitrogen and oxygen atoms in total. The second kappa shape index (κ2) is 6.84. The molecule has 1 aliphatic rings. The van der Waals surface area contributed by atoms with E-state index in [0.29, 0.717) is 18.7 Å². The second-order valence-corrected chi connectivity index (χ2v) is 6.71. The highest BCUT2D eigenvalue weighted by molar-refractivity contribution is 7.13. The minimum Gasteiger partial charge on any atom is -0.372 e. The van der Waals surface area contributed by atoms with Crippen molar-refractivity contribution in [1.82, 2.24) is 14.9 Å².